The van der Waals surface area contributed by atoms with E-state index in [1.54, 1.807) is 0 Å². The van der Waals surface area contributed by atoms with E-state index in [0.29, 0.717) is 12.5 Å². The Balaban J connectivity index is 1.76. The van der Waals surface area contributed by atoms with E-state index in [1.807, 2.05) is 31.2 Å². The maximum Gasteiger partial charge on any atom is 0.0890 e. The number of benzene rings is 1. The SMILES string of the molecule is Cc1nc2ccccc2nc1CN1CCC(CO)CC1. The van der Waals surface area contributed by atoms with Crippen LogP contribution < -0.4 is 0 Å². The Labute approximate surface area is 119 Å². The van der Waals surface area contributed by atoms with E-state index in [2.05, 4.69) is 9.88 Å². The van der Waals surface area contributed by atoms with Crippen molar-refractivity contribution >= 4 is 11.0 Å². The van der Waals surface area contributed by atoms with E-state index < -0.39 is 0 Å². The van der Waals surface area contributed by atoms with Gasteiger partial charge in [-0.1, -0.05) is 12.1 Å². The number of hydrogen-bond acceptors (Lipinski definition) is 4. The maximum absolute atomic E-state index is 9.19. The Morgan fingerprint density at radius 2 is 1.80 bits per heavy atom. The molecule has 1 N–H and O–H groups in total. The lowest BCUT2D eigenvalue weighted by molar-refractivity contribution is 0.126. The first kappa shape index (κ1) is 13.5. The monoisotopic (exact) mass is 271 g/mol. The number of aliphatic hydroxyl groups is 1. The number of aromatic nitrogens is 2. The highest BCUT2D eigenvalue weighted by Gasteiger charge is 2.19. The molecule has 0 saturated carbocycles. The first-order chi connectivity index (χ1) is 9.76. The summed E-state index contributed by atoms with van der Waals surface area (Å²) in [5.41, 5.74) is 4.03. The van der Waals surface area contributed by atoms with Crippen LogP contribution in [0.3, 0.4) is 0 Å². The van der Waals surface area contributed by atoms with Gasteiger partial charge in [-0.3, -0.25) is 4.90 Å². The van der Waals surface area contributed by atoms with Gasteiger partial charge in [-0.05, 0) is 50.9 Å². The molecule has 4 heteroatoms. The Bertz CT molecular complexity index is 591. The second-order valence-corrected chi connectivity index (χ2v) is 5.65. The molecule has 1 fully saturated rings. The number of para-hydroxylation sites is 2. The molecule has 4 nitrogen and oxygen atoms in total. The van der Waals surface area contributed by atoms with Gasteiger partial charge in [0.05, 0.1) is 22.4 Å². The molecule has 0 spiro atoms. The van der Waals surface area contributed by atoms with Gasteiger partial charge in [0.15, 0.2) is 0 Å². The van der Waals surface area contributed by atoms with Crippen molar-refractivity contribution in [1.82, 2.24) is 14.9 Å². The van der Waals surface area contributed by atoms with Gasteiger partial charge in [0, 0.05) is 13.2 Å². The number of aryl methyl sites for hydroxylation is 1. The number of piperidine rings is 1. The second-order valence-electron chi connectivity index (χ2n) is 5.65. The first-order valence-electron chi connectivity index (χ1n) is 7.31. The van der Waals surface area contributed by atoms with Gasteiger partial charge in [0.25, 0.3) is 0 Å². The summed E-state index contributed by atoms with van der Waals surface area (Å²) in [7, 11) is 0. The van der Waals surface area contributed by atoms with Crippen molar-refractivity contribution < 1.29 is 5.11 Å². The third-order valence-electron chi connectivity index (χ3n) is 4.18. The molecule has 1 aliphatic heterocycles. The molecule has 106 valence electrons. The van der Waals surface area contributed by atoms with Crippen molar-refractivity contribution in [1.29, 1.82) is 0 Å². The standard InChI is InChI=1S/C16H21N3O/c1-12-16(10-19-8-6-13(11-20)7-9-19)18-15-5-3-2-4-14(15)17-12/h2-5,13,20H,6-11H2,1H3. The molecular weight excluding hydrogens is 250 g/mol. The number of hydrogen-bond donors (Lipinski definition) is 1. The minimum Gasteiger partial charge on any atom is -0.396 e. The molecule has 3 rings (SSSR count). The zero-order valence-corrected chi connectivity index (χ0v) is 11.9. The van der Waals surface area contributed by atoms with E-state index in [-0.39, 0.29) is 0 Å². The molecule has 0 radical (unpaired) electrons. The van der Waals surface area contributed by atoms with Crippen molar-refractivity contribution in [2.75, 3.05) is 19.7 Å². The number of fused-ring (bicyclic) bond motifs is 1. The Morgan fingerprint density at radius 3 is 2.45 bits per heavy atom. The van der Waals surface area contributed by atoms with Gasteiger partial charge < -0.3 is 5.11 Å². The van der Waals surface area contributed by atoms with Crippen molar-refractivity contribution in [3.05, 3.63) is 35.7 Å². The Kier molecular flexibility index (Phi) is 3.94. The maximum atomic E-state index is 9.19. The minimum absolute atomic E-state index is 0.322. The third kappa shape index (κ3) is 2.81. The van der Waals surface area contributed by atoms with Crippen molar-refractivity contribution in [3.63, 3.8) is 0 Å². The van der Waals surface area contributed by atoms with Crippen LogP contribution in [0.25, 0.3) is 11.0 Å². The quantitative estimate of drug-likeness (QED) is 0.929. The summed E-state index contributed by atoms with van der Waals surface area (Å²) in [5.74, 6) is 0.482. The average Bonchev–Trinajstić information content (AvgIpc) is 2.49. The molecule has 0 atom stereocenters. The van der Waals surface area contributed by atoms with Crippen LogP contribution in [0.5, 0.6) is 0 Å². The normalized spacial score (nSPS) is 17.7. The molecule has 2 aromatic rings. The summed E-state index contributed by atoms with van der Waals surface area (Å²) in [4.78, 5) is 11.8. The van der Waals surface area contributed by atoms with Crippen LogP contribution in [0.4, 0.5) is 0 Å². The summed E-state index contributed by atoms with van der Waals surface area (Å²) >= 11 is 0. The fourth-order valence-corrected chi connectivity index (χ4v) is 2.81. The predicted octanol–water partition coefficient (Wildman–Crippen LogP) is 2.14. The second kappa shape index (κ2) is 5.85. The predicted molar refractivity (Wildman–Crippen MR) is 79.4 cm³/mol. The molecule has 1 saturated heterocycles. The zero-order chi connectivity index (χ0) is 13.9. The number of likely N-dealkylation sites (tertiary alicyclic amines) is 1. The van der Waals surface area contributed by atoms with Crippen LogP contribution in [0, 0.1) is 12.8 Å². The summed E-state index contributed by atoms with van der Waals surface area (Å²) in [6, 6.07) is 8.02. The van der Waals surface area contributed by atoms with Crippen LogP contribution in [0.15, 0.2) is 24.3 Å². The van der Waals surface area contributed by atoms with Crippen molar-refractivity contribution in [2.24, 2.45) is 5.92 Å². The summed E-state index contributed by atoms with van der Waals surface area (Å²) < 4.78 is 0. The van der Waals surface area contributed by atoms with Gasteiger partial charge in [0.2, 0.25) is 0 Å². The zero-order valence-electron chi connectivity index (χ0n) is 11.9. The number of aliphatic hydroxyl groups excluding tert-OH is 1. The van der Waals surface area contributed by atoms with Gasteiger partial charge >= 0.3 is 0 Å². The van der Waals surface area contributed by atoms with Crippen molar-refractivity contribution in [2.45, 2.75) is 26.3 Å². The average molecular weight is 271 g/mol. The molecule has 1 aromatic carbocycles. The van der Waals surface area contributed by atoms with Crippen LogP contribution in [-0.4, -0.2) is 39.7 Å². The summed E-state index contributed by atoms with van der Waals surface area (Å²) in [6.45, 7) is 5.30. The molecule has 1 aromatic heterocycles. The third-order valence-corrected chi connectivity index (χ3v) is 4.18. The molecular formula is C16H21N3O. The fraction of sp³-hybridized carbons (Fsp3) is 0.500. The molecule has 0 amide bonds. The highest BCUT2D eigenvalue weighted by molar-refractivity contribution is 5.74. The van der Waals surface area contributed by atoms with Crippen LogP contribution in [0.1, 0.15) is 24.2 Å². The van der Waals surface area contributed by atoms with E-state index >= 15 is 0 Å². The Morgan fingerprint density at radius 1 is 1.15 bits per heavy atom. The highest BCUT2D eigenvalue weighted by Crippen LogP contribution is 2.19. The van der Waals surface area contributed by atoms with Crippen LogP contribution >= 0.6 is 0 Å². The molecule has 2 heterocycles. The lowest BCUT2D eigenvalue weighted by Gasteiger charge is -2.30. The molecule has 0 aliphatic carbocycles. The summed E-state index contributed by atoms with van der Waals surface area (Å²) in [5, 5.41) is 9.19. The molecule has 20 heavy (non-hydrogen) atoms. The van der Waals surface area contributed by atoms with Crippen LogP contribution in [-0.2, 0) is 6.54 Å². The van der Waals surface area contributed by atoms with E-state index in [4.69, 9.17) is 4.98 Å². The van der Waals surface area contributed by atoms with Gasteiger partial charge in [0.1, 0.15) is 0 Å². The lowest BCUT2D eigenvalue weighted by atomic mass is 9.98. The fourth-order valence-electron chi connectivity index (χ4n) is 2.81. The highest BCUT2D eigenvalue weighted by atomic mass is 16.3. The topological polar surface area (TPSA) is 49.2 Å². The minimum atomic E-state index is 0.322. The van der Waals surface area contributed by atoms with Gasteiger partial charge in [-0.15, -0.1) is 0 Å². The van der Waals surface area contributed by atoms with Crippen LogP contribution in [0.2, 0.25) is 0 Å². The first-order valence-corrected chi connectivity index (χ1v) is 7.31. The van der Waals surface area contributed by atoms with E-state index in [1.165, 1.54) is 0 Å². The smallest absolute Gasteiger partial charge is 0.0890 e. The van der Waals surface area contributed by atoms with Gasteiger partial charge in [-0.2, -0.15) is 0 Å². The Hall–Kier alpha value is -1.52. The van der Waals surface area contributed by atoms with E-state index in [0.717, 1.165) is 54.9 Å². The lowest BCUT2D eigenvalue weighted by Crippen LogP contribution is -2.34. The summed E-state index contributed by atoms with van der Waals surface area (Å²) in [6.07, 6.45) is 2.16. The number of nitrogens with zero attached hydrogens (tertiary/aromatic N) is 3. The molecule has 0 bridgehead atoms. The van der Waals surface area contributed by atoms with Gasteiger partial charge in [-0.25, -0.2) is 9.97 Å². The largest absolute Gasteiger partial charge is 0.396 e. The number of rotatable bonds is 3. The van der Waals surface area contributed by atoms with Crippen molar-refractivity contribution in [3.8, 4) is 0 Å². The molecule has 0 unspecified atom stereocenters. The van der Waals surface area contributed by atoms with E-state index in [9.17, 15) is 5.11 Å². The molecule has 1 aliphatic rings.